The first-order valence-corrected chi connectivity index (χ1v) is 8.43. The van der Waals surface area contributed by atoms with E-state index in [4.69, 9.17) is 0 Å². The molecule has 8 nitrogen and oxygen atoms in total. The van der Waals surface area contributed by atoms with Crippen molar-refractivity contribution in [2.75, 3.05) is 0 Å². The lowest BCUT2D eigenvalue weighted by molar-refractivity contribution is 0.398. The van der Waals surface area contributed by atoms with Gasteiger partial charge in [0.2, 0.25) is 0 Å². The highest BCUT2D eigenvalue weighted by molar-refractivity contribution is 7.89. The number of sulfonamides is 1. The first-order chi connectivity index (χ1) is 10.0. The van der Waals surface area contributed by atoms with Crippen molar-refractivity contribution < 1.29 is 8.42 Å². The largest absolute Gasteiger partial charge is 0.258 e. The number of nitrogens with zero attached hydrogens (tertiary/aromatic N) is 5. The van der Waals surface area contributed by atoms with Gasteiger partial charge in [-0.3, -0.25) is 4.68 Å². The summed E-state index contributed by atoms with van der Waals surface area (Å²) in [5, 5.41) is 8.43. The average molecular weight is 310 g/mol. The van der Waals surface area contributed by atoms with E-state index in [0.29, 0.717) is 5.82 Å². The minimum Gasteiger partial charge on any atom is -0.256 e. The molecule has 1 aliphatic rings. The molecule has 0 radical (unpaired) electrons. The van der Waals surface area contributed by atoms with E-state index >= 15 is 0 Å². The van der Waals surface area contributed by atoms with Crippen molar-refractivity contribution >= 4 is 10.0 Å². The number of aromatic nitrogens is 5. The van der Waals surface area contributed by atoms with Gasteiger partial charge in [0.05, 0.1) is 12.2 Å². The quantitative estimate of drug-likeness (QED) is 0.881. The first kappa shape index (κ1) is 14.2. The normalized spacial score (nSPS) is 18.7. The van der Waals surface area contributed by atoms with Crippen molar-refractivity contribution in [3.8, 4) is 0 Å². The van der Waals surface area contributed by atoms with Gasteiger partial charge in [0, 0.05) is 20.0 Å². The van der Waals surface area contributed by atoms with Crippen LogP contribution in [0.25, 0.3) is 0 Å². The molecule has 3 rings (SSSR count). The zero-order valence-electron chi connectivity index (χ0n) is 12.0. The minimum absolute atomic E-state index is 0.148. The van der Waals surface area contributed by atoms with Gasteiger partial charge in [0.1, 0.15) is 5.82 Å². The Hall–Kier alpha value is -1.74. The molecule has 0 spiro atoms. The Kier molecular flexibility index (Phi) is 3.54. The summed E-state index contributed by atoms with van der Waals surface area (Å²) in [6, 6.07) is 1.14. The van der Waals surface area contributed by atoms with Gasteiger partial charge in [-0.2, -0.15) is 14.9 Å². The maximum atomic E-state index is 12.4. The molecule has 0 unspecified atom stereocenters. The fourth-order valence-corrected chi connectivity index (χ4v) is 3.89. The van der Waals surface area contributed by atoms with Crippen LogP contribution in [0.3, 0.4) is 0 Å². The maximum Gasteiger partial charge on any atom is 0.258 e. The van der Waals surface area contributed by atoms with E-state index in [1.165, 1.54) is 16.9 Å². The molecule has 21 heavy (non-hydrogen) atoms. The molecule has 0 aromatic carbocycles. The van der Waals surface area contributed by atoms with Gasteiger partial charge in [-0.25, -0.2) is 18.1 Å². The summed E-state index contributed by atoms with van der Waals surface area (Å²) in [7, 11) is -2.01. The fourth-order valence-electron chi connectivity index (χ4n) is 2.53. The van der Waals surface area contributed by atoms with Gasteiger partial charge >= 0.3 is 0 Å². The Morgan fingerprint density at radius 1 is 1.48 bits per heavy atom. The van der Waals surface area contributed by atoms with E-state index in [1.54, 1.807) is 11.7 Å². The fraction of sp³-hybridized carbons (Fsp3) is 0.583. The van der Waals surface area contributed by atoms with Gasteiger partial charge in [-0.05, 0) is 18.9 Å². The Balaban J connectivity index is 1.90. The van der Waals surface area contributed by atoms with Crippen molar-refractivity contribution in [2.24, 2.45) is 7.05 Å². The molecule has 1 N–H and O–H groups in total. The number of fused-ring (bicyclic) bond motifs is 1. The number of aryl methyl sites for hydroxylation is 3. The molecule has 9 heteroatoms. The zero-order chi connectivity index (χ0) is 15.0. The second-order valence-corrected chi connectivity index (χ2v) is 6.73. The smallest absolute Gasteiger partial charge is 0.256 e. The van der Waals surface area contributed by atoms with Crippen LogP contribution >= 0.6 is 0 Å². The lowest BCUT2D eigenvalue weighted by Crippen LogP contribution is -2.34. The molecule has 0 saturated heterocycles. The molecular formula is C12H18N6O2S. The molecule has 2 aromatic heterocycles. The van der Waals surface area contributed by atoms with Gasteiger partial charge in [-0.15, -0.1) is 0 Å². The molecule has 1 aliphatic heterocycles. The third-order valence-electron chi connectivity index (χ3n) is 3.58. The number of hydrogen-bond acceptors (Lipinski definition) is 5. The summed E-state index contributed by atoms with van der Waals surface area (Å²) in [5.74, 6) is 1.44. The second kappa shape index (κ2) is 5.23. The van der Waals surface area contributed by atoms with E-state index in [2.05, 4.69) is 19.9 Å². The summed E-state index contributed by atoms with van der Waals surface area (Å²) in [4.78, 5) is 4.44. The van der Waals surface area contributed by atoms with Gasteiger partial charge < -0.3 is 0 Å². The van der Waals surface area contributed by atoms with Crippen molar-refractivity contribution in [3.63, 3.8) is 0 Å². The molecular weight excluding hydrogens is 292 g/mol. The maximum absolute atomic E-state index is 12.4. The lowest BCUT2D eigenvalue weighted by Gasteiger charge is -2.22. The Morgan fingerprint density at radius 2 is 2.29 bits per heavy atom. The van der Waals surface area contributed by atoms with Crippen LogP contribution in [0.1, 0.15) is 37.5 Å². The zero-order valence-corrected chi connectivity index (χ0v) is 12.8. The number of nitrogens with one attached hydrogen (secondary N) is 1. The van der Waals surface area contributed by atoms with Crippen LogP contribution in [-0.4, -0.2) is 33.0 Å². The molecule has 0 fully saturated rings. The monoisotopic (exact) mass is 310 g/mol. The predicted octanol–water partition coefficient (Wildman–Crippen LogP) is 0.387. The molecule has 1 atom stereocenters. The summed E-state index contributed by atoms with van der Waals surface area (Å²) < 4.78 is 30.7. The number of rotatable bonds is 4. The standard InChI is InChI=1S/C12H18N6O2S/c1-3-10-14-12-9(5-4-8-18(12)15-10)16-21(19,20)11-6-7-13-17(11)2/h6-7,9,16H,3-5,8H2,1-2H3/t9-/m1/s1. The van der Waals surface area contributed by atoms with Gasteiger partial charge in [0.15, 0.2) is 10.9 Å². The molecule has 0 saturated carbocycles. The summed E-state index contributed by atoms with van der Waals surface area (Å²) >= 11 is 0. The van der Waals surface area contributed by atoms with Gasteiger partial charge in [-0.1, -0.05) is 6.92 Å². The highest BCUT2D eigenvalue weighted by Crippen LogP contribution is 2.25. The van der Waals surface area contributed by atoms with E-state index in [0.717, 1.165) is 31.6 Å². The number of hydrogen-bond donors (Lipinski definition) is 1. The second-order valence-electron chi connectivity index (χ2n) is 5.07. The first-order valence-electron chi connectivity index (χ1n) is 6.95. The average Bonchev–Trinajstić information content (AvgIpc) is 3.04. The Bertz CT molecular complexity index is 748. The van der Waals surface area contributed by atoms with Crippen molar-refractivity contribution in [3.05, 3.63) is 23.9 Å². The third kappa shape index (κ3) is 2.58. The van der Waals surface area contributed by atoms with Crippen molar-refractivity contribution in [1.29, 1.82) is 0 Å². The summed E-state index contributed by atoms with van der Waals surface area (Å²) in [6.07, 6.45) is 3.80. The highest BCUT2D eigenvalue weighted by Gasteiger charge is 2.29. The summed E-state index contributed by atoms with van der Waals surface area (Å²) in [6.45, 7) is 2.77. The Morgan fingerprint density at radius 3 is 2.95 bits per heavy atom. The predicted molar refractivity (Wildman–Crippen MR) is 74.9 cm³/mol. The molecule has 0 amide bonds. The van der Waals surface area contributed by atoms with E-state index < -0.39 is 10.0 Å². The molecule has 0 bridgehead atoms. The van der Waals surface area contributed by atoms with E-state index in [-0.39, 0.29) is 11.1 Å². The minimum atomic E-state index is -3.62. The van der Waals surface area contributed by atoms with Crippen molar-refractivity contribution in [1.82, 2.24) is 29.3 Å². The Labute approximate surface area is 123 Å². The van der Waals surface area contributed by atoms with Crippen LogP contribution in [-0.2, 0) is 30.0 Å². The molecule has 3 heterocycles. The van der Waals surface area contributed by atoms with Crippen LogP contribution in [0.4, 0.5) is 0 Å². The van der Waals surface area contributed by atoms with Crippen molar-refractivity contribution in [2.45, 2.75) is 43.8 Å². The van der Waals surface area contributed by atoms with Crippen LogP contribution in [0.2, 0.25) is 0 Å². The third-order valence-corrected chi connectivity index (χ3v) is 5.13. The SMILES string of the molecule is CCc1nc2n(n1)CCC[C@H]2NS(=O)(=O)c1ccnn1C. The molecule has 0 aliphatic carbocycles. The molecule has 114 valence electrons. The van der Waals surface area contributed by atoms with E-state index in [9.17, 15) is 8.42 Å². The molecule has 2 aromatic rings. The van der Waals surface area contributed by atoms with Gasteiger partial charge in [0.25, 0.3) is 10.0 Å². The van der Waals surface area contributed by atoms with Crippen LogP contribution in [0, 0.1) is 0 Å². The lowest BCUT2D eigenvalue weighted by atomic mass is 10.1. The highest BCUT2D eigenvalue weighted by atomic mass is 32.2. The topological polar surface area (TPSA) is 94.7 Å². The van der Waals surface area contributed by atoms with Crippen LogP contribution in [0.5, 0.6) is 0 Å². The summed E-state index contributed by atoms with van der Waals surface area (Å²) in [5.41, 5.74) is 0. The van der Waals surface area contributed by atoms with Crippen LogP contribution in [0.15, 0.2) is 17.3 Å². The van der Waals surface area contributed by atoms with E-state index in [1.807, 2.05) is 6.92 Å². The van der Waals surface area contributed by atoms with Crippen LogP contribution < -0.4 is 4.72 Å².